The van der Waals surface area contributed by atoms with Crippen molar-refractivity contribution in [3.05, 3.63) is 58.4 Å². The van der Waals surface area contributed by atoms with Crippen LogP contribution in [0.25, 0.3) is 0 Å². The molecule has 1 amide bonds. The normalized spacial score (nSPS) is 16.2. The van der Waals surface area contributed by atoms with E-state index in [-0.39, 0.29) is 23.8 Å². The number of hydrogen-bond donors (Lipinski definition) is 2. The van der Waals surface area contributed by atoms with Gasteiger partial charge in [-0.05, 0) is 17.7 Å². The van der Waals surface area contributed by atoms with E-state index in [4.69, 9.17) is 4.74 Å². The molecule has 0 saturated heterocycles. The number of nitrogens with zero attached hydrogens (tertiary/aromatic N) is 1. The molecule has 1 atom stereocenters. The maximum atomic E-state index is 12.6. The Kier molecular flexibility index (Phi) is 4.71. The van der Waals surface area contributed by atoms with Crippen LogP contribution in [0.3, 0.4) is 0 Å². The van der Waals surface area contributed by atoms with Crippen molar-refractivity contribution in [3.63, 3.8) is 0 Å². The van der Waals surface area contributed by atoms with Crippen LogP contribution >= 0.6 is 11.8 Å². The minimum Gasteiger partial charge on any atom is -0.497 e. The fourth-order valence-electron chi connectivity index (χ4n) is 2.70. The first kappa shape index (κ1) is 16.3. The molecule has 0 aliphatic carbocycles. The van der Waals surface area contributed by atoms with Gasteiger partial charge in [0.05, 0.1) is 12.7 Å². The molecule has 0 fully saturated rings. The molecule has 1 aliphatic heterocycles. The van der Waals surface area contributed by atoms with Gasteiger partial charge >= 0.3 is 0 Å². The molecule has 0 bridgehead atoms. The SMILES string of the molecule is C=CCSc1nc2c(c(=O)[nH]1)[C@@H](c1cccc(OC)c1)CC(=O)N2. The van der Waals surface area contributed by atoms with Gasteiger partial charge in [-0.2, -0.15) is 0 Å². The van der Waals surface area contributed by atoms with Crippen molar-refractivity contribution >= 4 is 23.5 Å². The van der Waals surface area contributed by atoms with E-state index in [1.165, 1.54) is 11.8 Å². The Morgan fingerprint density at radius 2 is 2.29 bits per heavy atom. The Labute approximate surface area is 143 Å². The van der Waals surface area contributed by atoms with Crippen molar-refractivity contribution in [3.8, 4) is 5.75 Å². The average Bonchev–Trinajstić information content (AvgIpc) is 2.59. The first-order valence-electron chi connectivity index (χ1n) is 7.44. The highest BCUT2D eigenvalue weighted by Gasteiger charge is 2.31. The molecule has 0 radical (unpaired) electrons. The molecule has 1 aromatic heterocycles. The number of benzene rings is 1. The number of fused-ring (bicyclic) bond motifs is 1. The molecule has 6 nitrogen and oxygen atoms in total. The van der Waals surface area contributed by atoms with E-state index < -0.39 is 0 Å². The van der Waals surface area contributed by atoms with Crippen LogP contribution in [-0.4, -0.2) is 28.7 Å². The zero-order valence-electron chi connectivity index (χ0n) is 13.2. The van der Waals surface area contributed by atoms with E-state index in [0.717, 1.165) is 5.56 Å². The zero-order chi connectivity index (χ0) is 17.1. The molecular weight excluding hydrogens is 326 g/mol. The summed E-state index contributed by atoms with van der Waals surface area (Å²) in [6, 6.07) is 7.39. The number of methoxy groups -OCH3 is 1. The Hall–Kier alpha value is -2.54. The second-order valence-electron chi connectivity index (χ2n) is 5.31. The van der Waals surface area contributed by atoms with Crippen LogP contribution in [0.15, 0.2) is 46.9 Å². The third-order valence-corrected chi connectivity index (χ3v) is 4.63. The largest absolute Gasteiger partial charge is 0.497 e. The van der Waals surface area contributed by atoms with Crippen molar-refractivity contribution in [2.45, 2.75) is 17.5 Å². The van der Waals surface area contributed by atoms with Crippen LogP contribution < -0.4 is 15.6 Å². The van der Waals surface area contributed by atoms with E-state index in [9.17, 15) is 9.59 Å². The highest BCUT2D eigenvalue weighted by atomic mass is 32.2. The van der Waals surface area contributed by atoms with E-state index >= 15 is 0 Å². The number of hydrogen-bond acceptors (Lipinski definition) is 5. The standard InChI is InChI=1S/C17H17N3O3S/c1-3-7-24-17-19-15-14(16(22)20-17)12(9-13(21)18-15)10-5-4-6-11(8-10)23-2/h3-6,8,12H,1,7,9H2,2H3,(H2,18,19,20,21,22)/t12-/m1/s1. The highest BCUT2D eigenvalue weighted by Crippen LogP contribution is 2.35. The van der Waals surface area contributed by atoms with Gasteiger partial charge in [0.15, 0.2) is 5.16 Å². The van der Waals surface area contributed by atoms with Crippen LogP contribution in [0.1, 0.15) is 23.5 Å². The summed E-state index contributed by atoms with van der Waals surface area (Å²) in [5.74, 6) is 1.12. The number of carbonyl (C=O) groups is 1. The van der Waals surface area contributed by atoms with Crippen LogP contribution in [0.4, 0.5) is 5.82 Å². The number of ether oxygens (including phenoxy) is 1. The Balaban J connectivity index is 2.07. The topological polar surface area (TPSA) is 84.1 Å². The molecule has 1 aromatic carbocycles. The molecule has 24 heavy (non-hydrogen) atoms. The molecule has 0 saturated carbocycles. The van der Waals surface area contributed by atoms with Crippen molar-refractivity contribution in [1.82, 2.24) is 9.97 Å². The lowest BCUT2D eigenvalue weighted by Crippen LogP contribution is -2.31. The molecule has 2 aromatic rings. The third kappa shape index (κ3) is 3.21. The second-order valence-corrected chi connectivity index (χ2v) is 6.32. The number of aromatic nitrogens is 2. The number of thioether (sulfide) groups is 1. The van der Waals surface area contributed by atoms with E-state index in [0.29, 0.717) is 28.0 Å². The van der Waals surface area contributed by atoms with Crippen LogP contribution in [0.2, 0.25) is 0 Å². The number of anilines is 1. The predicted molar refractivity (Wildman–Crippen MR) is 93.9 cm³/mol. The van der Waals surface area contributed by atoms with Gasteiger partial charge in [0.2, 0.25) is 5.91 Å². The molecular formula is C17H17N3O3S. The summed E-state index contributed by atoms with van der Waals surface area (Å²) in [7, 11) is 1.58. The zero-order valence-corrected chi connectivity index (χ0v) is 14.0. The van der Waals surface area contributed by atoms with Gasteiger partial charge in [-0.3, -0.25) is 9.59 Å². The summed E-state index contributed by atoms with van der Waals surface area (Å²) < 4.78 is 5.24. The smallest absolute Gasteiger partial charge is 0.257 e. The predicted octanol–water partition coefficient (Wildman–Crippen LogP) is 2.53. The minimum atomic E-state index is -0.349. The molecule has 0 unspecified atom stereocenters. The van der Waals surface area contributed by atoms with Crippen molar-refractivity contribution in [1.29, 1.82) is 0 Å². The molecule has 3 rings (SSSR count). The van der Waals surface area contributed by atoms with Gasteiger partial charge in [0.25, 0.3) is 5.56 Å². The lowest BCUT2D eigenvalue weighted by atomic mass is 9.87. The van der Waals surface area contributed by atoms with Crippen molar-refractivity contribution < 1.29 is 9.53 Å². The summed E-state index contributed by atoms with van der Waals surface area (Å²) in [5, 5.41) is 3.17. The highest BCUT2D eigenvalue weighted by molar-refractivity contribution is 7.99. The van der Waals surface area contributed by atoms with Gasteiger partial charge in [-0.1, -0.05) is 30.0 Å². The second kappa shape index (κ2) is 6.92. The summed E-state index contributed by atoms with van der Waals surface area (Å²) in [5.41, 5.74) is 1.09. The molecule has 2 N–H and O–H groups in total. The quantitative estimate of drug-likeness (QED) is 0.495. The van der Waals surface area contributed by atoms with E-state index in [1.54, 1.807) is 13.2 Å². The minimum absolute atomic E-state index is 0.159. The number of aromatic amines is 1. The Bertz CT molecular complexity index is 847. The summed E-state index contributed by atoms with van der Waals surface area (Å²) in [6.07, 6.45) is 1.92. The fourth-order valence-corrected chi connectivity index (χ4v) is 3.30. The fraction of sp³-hybridized carbons (Fsp3) is 0.235. The van der Waals surface area contributed by atoms with Gasteiger partial charge in [0.1, 0.15) is 11.6 Å². The number of rotatable bonds is 5. The summed E-state index contributed by atoms with van der Waals surface area (Å²) in [6.45, 7) is 3.64. The maximum Gasteiger partial charge on any atom is 0.257 e. The van der Waals surface area contributed by atoms with Gasteiger partial charge in [-0.25, -0.2) is 4.98 Å². The maximum absolute atomic E-state index is 12.6. The number of carbonyl (C=O) groups excluding carboxylic acids is 1. The Morgan fingerprint density at radius 1 is 1.46 bits per heavy atom. The number of H-pyrrole nitrogens is 1. The first-order valence-corrected chi connectivity index (χ1v) is 8.42. The van der Waals surface area contributed by atoms with E-state index in [1.807, 2.05) is 24.3 Å². The summed E-state index contributed by atoms with van der Waals surface area (Å²) >= 11 is 1.36. The molecule has 2 heterocycles. The van der Waals surface area contributed by atoms with Crippen LogP contribution in [0, 0.1) is 0 Å². The lowest BCUT2D eigenvalue weighted by Gasteiger charge is -2.24. The number of nitrogens with one attached hydrogen (secondary N) is 2. The molecule has 7 heteroatoms. The molecule has 0 spiro atoms. The average molecular weight is 343 g/mol. The van der Waals surface area contributed by atoms with Gasteiger partial charge < -0.3 is 15.0 Å². The van der Waals surface area contributed by atoms with E-state index in [2.05, 4.69) is 21.9 Å². The van der Waals surface area contributed by atoms with Gasteiger partial charge in [-0.15, -0.1) is 6.58 Å². The van der Waals surface area contributed by atoms with Crippen molar-refractivity contribution in [2.75, 3.05) is 18.2 Å². The lowest BCUT2D eigenvalue weighted by molar-refractivity contribution is -0.116. The van der Waals surface area contributed by atoms with Crippen LogP contribution in [0.5, 0.6) is 5.75 Å². The molecule has 1 aliphatic rings. The Morgan fingerprint density at radius 3 is 3.04 bits per heavy atom. The number of amides is 1. The molecule has 124 valence electrons. The van der Waals surface area contributed by atoms with Crippen molar-refractivity contribution in [2.24, 2.45) is 0 Å². The van der Waals surface area contributed by atoms with Crippen LogP contribution in [-0.2, 0) is 4.79 Å². The monoisotopic (exact) mass is 343 g/mol. The first-order chi connectivity index (χ1) is 11.6. The third-order valence-electron chi connectivity index (χ3n) is 3.76. The van der Waals surface area contributed by atoms with Gasteiger partial charge in [0, 0.05) is 18.1 Å². The summed E-state index contributed by atoms with van der Waals surface area (Å²) in [4.78, 5) is 31.8.